The molecule has 2 aromatic heterocycles. The Labute approximate surface area is 105 Å². The first-order valence-corrected chi connectivity index (χ1v) is 5.54. The van der Waals surface area contributed by atoms with Gasteiger partial charge in [0.25, 0.3) is 0 Å². The number of hydrogen-bond donors (Lipinski definition) is 2. The maximum absolute atomic E-state index is 11.0. The Bertz CT molecular complexity index is 543. The molecule has 0 aromatic carbocycles. The van der Waals surface area contributed by atoms with Gasteiger partial charge in [0.15, 0.2) is 0 Å². The third kappa shape index (κ3) is 2.63. The van der Waals surface area contributed by atoms with Crippen LogP contribution in [0.4, 0.5) is 5.82 Å². The van der Waals surface area contributed by atoms with Crippen LogP contribution in [-0.2, 0) is 0 Å². The van der Waals surface area contributed by atoms with E-state index in [1.807, 2.05) is 25.1 Å². The minimum absolute atomic E-state index is 0.112. The average molecular weight is 243 g/mol. The van der Waals surface area contributed by atoms with Gasteiger partial charge >= 0.3 is 5.97 Å². The number of nitrogens with one attached hydrogen (secondary N) is 1. The van der Waals surface area contributed by atoms with Crippen LogP contribution in [0.5, 0.6) is 0 Å². The highest BCUT2D eigenvalue weighted by atomic mass is 16.4. The van der Waals surface area contributed by atoms with Gasteiger partial charge in [-0.3, -0.25) is 4.98 Å². The van der Waals surface area contributed by atoms with Gasteiger partial charge in [0.05, 0.1) is 11.7 Å². The molecule has 0 aliphatic heterocycles. The molecule has 0 aliphatic rings. The Morgan fingerprint density at radius 3 is 2.67 bits per heavy atom. The molecule has 0 amide bonds. The van der Waals surface area contributed by atoms with Crippen LogP contribution in [0.1, 0.15) is 29.0 Å². The minimum Gasteiger partial charge on any atom is -0.478 e. The first-order chi connectivity index (χ1) is 8.68. The van der Waals surface area contributed by atoms with E-state index in [9.17, 15) is 4.79 Å². The molecule has 0 saturated heterocycles. The van der Waals surface area contributed by atoms with Crippen molar-refractivity contribution in [2.24, 2.45) is 0 Å². The van der Waals surface area contributed by atoms with Gasteiger partial charge in [0, 0.05) is 12.4 Å². The number of carboxylic acids is 1. The summed E-state index contributed by atoms with van der Waals surface area (Å²) in [5.41, 5.74) is 0.986. The summed E-state index contributed by atoms with van der Waals surface area (Å²) in [6.07, 6.45) is 3.25. The summed E-state index contributed by atoms with van der Waals surface area (Å²) in [6, 6.07) is 8.60. The fourth-order valence-electron chi connectivity index (χ4n) is 1.60. The third-order valence-corrected chi connectivity index (χ3v) is 2.52. The number of carbonyl (C=O) groups is 1. The third-order valence-electron chi connectivity index (χ3n) is 2.52. The highest BCUT2D eigenvalue weighted by Gasteiger charge is 2.13. The van der Waals surface area contributed by atoms with Crippen LogP contribution in [0.15, 0.2) is 42.7 Å². The normalized spacial score (nSPS) is 11.8. The van der Waals surface area contributed by atoms with Crippen LogP contribution < -0.4 is 5.32 Å². The summed E-state index contributed by atoms with van der Waals surface area (Å²) < 4.78 is 0. The monoisotopic (exact) mass is 243 g/mol. The lowest BCUT2D eigenvalue weighted by atomic mass is 10.2. The molecule has 2 heterocycles. The zero-order valence-corrected chi connectivity index (χ0v) is 9.87. The Kier molecular flexibility index (Phi) is 3.52. The van der Waals surface area contributed by atoms with Crippen molar-refractivity contribution in [3.63, 3.8) is 0 Å². The molecule has 0 spiro atoms. The van der Waals surface area contributed by atoms with E-state index in [2.05, 4.69) is 15.3 Å². The van der Waals surface area contributed by atoms with Crippen LogP contribution >= 0.6 is 0 Å². The number of nitrogens with zero attached hydrogens (tertiary/aromatic N) is 2. The number of pyridine rings is 2. The number of aromatic nitrogens is 2. The Balaban J connectivity index is 2.22. The van der Waals surface area contributed by atoms with Gasteiger partial charge in [0.1, 0.15) is 11.4 Å². The van der Waals surface area contributed by atoms with E-state index >= 15 is 0 Å². The van der Waals surface area contributed by atoms with Crippen LogP contribution in [-0.4, -0.2) is 21.0 Å². The van der Waals surface area contributed by atoms with Crippen molar-refractivity contribution in [2.45, 2.75) is 13.0 Å². The molecule has 0 fully saturated rings. The summed E-state index contributed by atoms with van der Waals surface area (Å²) in [5.74, 6) is -0.651. The SMILES string of the molecule is CC(Nc1ncccc1C(=O)O)c1ccccn1. The summed E-state index contributed by atoms with van der Waals surface area (Å²) in [4.78, 5) is 19.3. The number of carboxylic acid groups (broad SMARTS) is 1. The van der Waals surface area contributed by atoms with Crippen molar-refractivity contribution in [1.82, 2.24) is 9.97 Å². The van der Waals surface area contributed by atoms with Gasteiger partial charge in [0.2, 0.25) is 0 Å². The van der Waals surface area contributed by atoms with Gasteiger partial charge in [-0.1, -0.05) is 6.07 Å². The van der Waals surface area contributed by atoms with Gasteiger partial charge in [-0.15, -0.1) is 0 Å². The fourth-order valence-corrected chi connectivity index (χ4v) is 1.60. The van der Waals surface area contributed by atoms with Crippen LogP contribution in [0, 0.1) is 0 Å². The van der Waals surface area contributed by atoms with Crippen LogP contribution in [0.2, 0.25) is 0 Å². The maximum Gasteiger partial charge on any atom is 0.339 e. The quantitative estimate of drug-likeness (QED) is 0.862. The van der Waals surface area contributed by atoms with E-state index < -0.39 is 5.97 Å². The van der Waals surface area contributed by atoms with Crippen LogP contribution in [0.25, 0.3) is 0 Å². The molecule has 0 bridgehead atoms. The zero-order chi connectivity index (χ0) is 13.0. The van der Waals surface area contributed by atoms with Crippen molar-refractivity contribution in [3.8, 4) is 0 Å². The standard InChI is InChI=1S/C13H13N3O2/c1-9(11-6-2-3-7-14-11)16-12-10(13(17)18)5-4-8-15-12/h2-9H,1H3,(H,15,16)(H,17,18). The molecule has 5 heteroatoms. The van der Waals surface area contributed by atoms with Crippen molar-refractivity contribution >= 4 is 11.8 Å². The zero-order valence-electron chi connectivity index (χ0n) is 9.87. The molecular formula is C13H13N3O2. The van der Waals surface area contributed by atoms with E-state index in [0.717, 1.165) is 5.69 Å². The van der Waals surface area contributed by atoms with Crippen molar-refractivity contribution < 1.29 is 9.90 Å². The Morgan fingerprint density at radius 1 is 1.22 bits per heavy atom. The highest BCUT2D eigenvalue weighted by molar-refractivity contribution is 5.93. The molecule has 2 aromatic rings. The number of aromatic carboxylic acids is 1. The predicted molar refractivity (Wildman–Crippen MR) is 67.5 cm³/mol. The summed E-state index contributed by atoms with van der Waals surface area (Å²) >= 11 is 0. The molecule has 1 unspecified atom stereocenters. The summed E-state index contributed by atoms with van der Waals surface area (Å²) in [6.45, 7) is 1.91. The van der Waals surface area contributed by atoms with E-state index in [1.165, 1.54) is 6.07 Å². The van der Waals surface area contributed by atoms with E-state index in [1.54, 1.807) is 18.5 Å². The molecule has 0 aliphatic carbocycles. The summed E-state index contributed by atoms with van der Waals surface area (Å²) in [7, 11) is 0. The molecule has 0 radical (unpaired) electrons. The summed E-state index contributed by atoms with van der Waals surface area (Å²) in [5, 5.41) is 12.1. The lowest BCUT2D eigenvalue weighted by Gasteiger charge is -2.15. The number of rotatable bonds is 4. The predicted octanol–water partition coefficient (Wildman–Crippen LogP) is 2.35. The second kappa shape index (κ2) is 5.27. The molecule has 2 N–H and O–H groups in total. The Hall–Kier alpha value is -2.43. The van der Waals surface area contributed by atoms with E-state index in [4.69, 9.17) is 5.11 Å². The van der Waals surface area contributed by atoms with E-state index in [0.29, 0.717) is 5.82 Å². The molecule has 5 nitrogen and oxygen atoms in total. The van der Waals surface area contributed by atoms with Gasteiger partial charge < -0.3 is 10.4 Å². The maximum atomic E-state index is 11.0. The average Bonchev–Trinajstić information content (AvgIpc) is 2.40. The highest BCUT2D eigenvalue weighted by Crippen LogP contribution is 2.18. The van der Waals surface area contributed by atoms with Crippen molar-refractivity contribution in [1.29, 1.82) is 0 Å². The van der Waals surface area contributed by atoms with Gasteiger partial charge in [-0.25, -0.2) is 9.78 Å². The van der Waals surface area contributed by atoms with Crippen molar-refractivity contribution in [2.75, 3.05) is 5.32 Å². The van der Waals surface area contributed by atoms with E-state index in [-0.39, 0.29) is 11.6 Å². The Morgan fingerprint density at radius 2 is 2.00 bits per heavy atom. The largest absolute Gasteiger partial charge is 0.478 e. The minimum atomic E-state index is -1.00. The molecule has 2 rings (SSSR count). The molecule has 0 saturated carbocycles. The van der Waals surface area contributed by atoms with Gasteiger partial charge in [-0.2, -0.15) is 0 Å². The molecule has 18 heavy (non-hydrogen) atoms. The molecule has 92 valence electrons. The second-order valence-corrected chi connectivity index (χ2v) is 3.83. The fraction of sp³-hybridized carbons (Fsp3) is 0.154. The van der Waals surface area contributed by atoms with Crippen LogP contribution in [0.3, 0.4) is 0 Å². The first kappa shape index (κ1) is 12.0. The lowest BCUT2D eigenvalue weighted by molar-refractivity contribution is 0.0697. The van der Waals surface area contributed by atoms with Crippen molar-refractivity contribution in [3.05, 3.63) is 54.0 Å². The smallest absolute Gasteiger partial charge is 0.339 e. The number of anilines is 1. The molecular weight excluding hydrogens is 230 g/mol. The lowest BCUT2D eigenvalue weighted by Crippen LogP contribution is -2.13. The topological polar surface area (TPSA) is 75.1 Å². The van der Waals surface area contributed by atoms with Gasteiger partial charge in [-0.05, 0) is 31.2 Å². The molecule has 1 atom stereocenters. The first-order valence-electron chi connectivity index (χ1n) is 5.54. The number of hydrogen-bond acceptors (Lipinski definition) is 4. The second-order valence-electron chi connectivity index (χ2n) is 3.83.